The van der Waals surface area contributed by atoms with E-state index in [1.165, 1.54) is 6.07 Å². The Hall–Kier alpha value is -3.10. The molecule has 158 valence electrons. The van der Waals surface area contributed by atoms with Crippen LogP contribution in [-0.4, -0.2) is 37.4 Å². The lowest BCUT2D eigenvalue weighted by Gasteiger charge is -2.27. The Morgan fingerprint density at radius 3 is 2.77 bits per heavy atom. The van der Waals surface area contributed by atoms with Crippen LogP contribution in [0.5, 0.6) is 0 Å². The lowest BCUT2D eigenvalue weighted by Crippen LogP contribution is -2.42. The van der Waals surface area contributed by atoms with E-state index < -0.39 is 11.7 Å². The van der Waals surface area contributed by atoms with E-state index in [-0.39, 0.29) is 12.7 Å². The maximum atomic E-state index is 12.9. The highest BCUT2D eigenvalue weighted by atomic mass is 19.4. The number of hydrogen-bond acceptors (Lipinski definition) is 4. The number of hydrogen-bond donors (Lipinski definition) is 1. The molecule has 1 aromatic carbocycles. The number of H-pyrrole nitrogens is 1. The second kappa shape index (κ2) is 7.97. The van der Waals surface area contributed by atoms with Gasteiger partial charge in [0, 0.05) is 18.9 Å². The van der Waals surface area contributed by atoms with Crippen LogP contribution in [0.25, 0.3) is 17.6 Å². The van der Waals surface area contributed by atoms with Gasteiger partial charge >= 0.3 is 6.18 Å². The molecule has 0 amide bonds. The summed E-state index contributed by atoms with van der Waals surface area (Å²) in [6.45, 7) is 5.39. The molecule has 3 aromatic rings. The van der Waals surface area contributed by atoms with Gasteiger partial charge in [-0.1, -0.05) is 26.0 Å². The van der Waals surface area contributed by atoms with Crippen molar-refractivity contribution in [3.63, 3.8) is 0 Å². The highest BCUT2D eigenvalue weighted by molar-refractivity contribution is 5.52. The zero-order valence-corrected chi connectivity index (χ0v) is 16.8. The van der Waals surface area contributed by atoms with Gasteiger partial charge < -0.3 is 9.88 Å². The first kappa shape index (κ1) is 20.2. The molecule has 0 spiro atoms. The molecule has 1 aliphatic heterocycles. The molecule has 3 heterocycles. The zero-order chi connectivity index (χ0) is 21.3. The van der Waals surface area contributed by atoms with Crippen molar-refractivity contribution in [2.24, 2.45) is 4.99 Å². The molecule has 6 nitrogen and oxygen atoms in total. The average Bonchev–Trinajstić information content (AvgIpc) is 3.33. The van der Waals surface area contributed by atoms with Crippen LogP contribution in [0, 0.1) is 0 Å². The monoisotopic (exact) mass is 416 g/mol. The fourth-order valence-corrected chi connectivity index (χ4v) is 3.57. The molecule has 0 bridgehead atoms. The summed E-state index contributed by atoms with van der Waals surface area (Å²) in [6.07, 6.45) is 3.13. The van der Waals surface area contributed by atoms with Crippen LogP contribution < -0.4 is 10.8 Å². The lowest BCUT2D eigenvalue weighted by molar-refractivity contribution is -0.137. The van der Waals surface area contributed by atoms with Crippen molar-refractivity contribution in [1.82, 2.24) is 24.6 Å². The van der Waals surface area contributed by atoms with Crippen molar-refractivity contribution < 1.29 is 13.2 Å². The van der Waals surface area contributed by atoms with Gasteiger partial charge in [0.2, 0.25) is 0 Å². The molecule has 30 heavy (non-hydrogen) atoms. The topological polar surface area (TPSA) is 62.1 Å². The SMILES string of the molecule is CCCN1C=c2[nH]c(-c3cnn(Cc4cccc(C(F)(F)F)c4)c3)nc2=NC1CC. The van der Waals surface area contributed by atoms with Crippen molar-refractivity contribution in [2.75, 3.05) is 6.54 Å². The molecule has 0 radical (unpaired) electrons. The molecule has 4 rings (SSSR count). The summed E-state index contributed by atoms with van der Waals surface area (Å²) in [4.78, 5) is 14.8. The van der Waals surface area contributed by atoms with E-state index in [2.05, 4.69) is 40.0 Å². The van der Waals surface area contributed by atoms with Gasteiger partial charge in [0.15, 0.2) is 5.49 Å². The number of aromatic nitrogens is 4. The number of nitrogens with one attached hydrogen (secondary N) is 1. The number of benzene rings is 1. The van der Waals surface area contributed by atoms with Gasteiger partial charge in [-0.3, -0.25) is 4.68 Å². The predicted octanol–water partition coefficient (Wildman–Crippen LogP) is 3.16. The number of nitrogens with zero attached hydrogens (tertiary/aromatic N) is 5. The quantitative estimate of drug-likeness (QED) is 0.672. The third-order valence-corrected chi connectivity index (χ3v) is 5.01. The van der Waals surface area contributed by atoms with E-state index >= 15 is 0 Å². The Labute approximate surface area is 171 Å². The van der Waals surface area contributed by atoms with Crippen molar-refractivity contribution in [3.05, 3.63) is 58.6 Å². The van der Waals surface area contributed by atoms with Crippen molar-refractivity contribution in [3.8, 4) is 11.4 Å². The van der Waals surface area contributed by atoms with E-state index in [4.69, 9.17) is 4.99 Å². The van der Waals surface area contributed by atoms with Gasteiger partial charge in [0.05, 0.1) is 23.9 Å². The van der Waals surface area contributed by atoms with Crippen LogP contribution in [0.15, 0.2) is 41.7 Å². The normalized spacial score (nSPS) is 16.2. The Bertz CT molecular complexity index is 1140. The fraction of sp³-hybridized carbons (Fsp3) is 0.381. The van der Waals surface area contributed by atoms with Crippen LogP contribution in [0.3, 0.4) is 0 Å². The number of fused-ring (bicyclic) bond motifs is 1. The van der Waals surface area contributed by atoms with Gasteiger partial charge in [-0.25, -0.2) is 9.98 Å². The average molecular weight is 416 g/mol. The zero-order valence-electron chi connectivity index (χ0n) is 16.8. The minimum Gasteiger partial charge on any atom is -0.354 e. The summed E-state index contributed by atoms with van der Waals surface area (Å²) in [7, 11) is 0. The van der Waals surface area contributed by atoms with Crippen molar-refractivity contribution in [1.29, 1.82) is 0 Å². The molecular formula is C21H23F3N6. The molecule has 0 aliphatic carbocycles. The maximum absolute atomic E-state index is 12.9. The van der Waals surface area contributed by atoms with E-state index in [9.17, 15) is 13.2 Å². The first-order valence-electron chi connectivity index (χ1n) is 9.97. The smallest absolute Gasteiger partial charge is 0.354 e. The van der Waals surface area contributed by atoms with Gasteiger partial charge in [-0.2, -0.15) is 18.3 Å². The first-order chi connectivity index (χ1) is 14.4. The molecule has 1 N–H and O–H groups in total. The molecule has 0 fully saturated rings. The van der Waals surface area contributed by atoms with Crippen LogP contribution in [-0.2, 0) is 12.7 Å². The maximum Gasteiger partial charge on any atom is 0.416 e. The van der Waals surface area contributed by atoms with Gasteiger partial charge in [-0.05, 0) is 30.5 Å². The van der Waals surface area contributed by atoms with Gasteiger partial charge in [-0.15, -0.1) is 0 Å². The molecule has 0 saturated heterocycles. The summed E-state index contributed by atoms with van der Waals surface area (Å²) < 4.78 is 40.4. The summed E-state index contributed by atoms with van der Waals surface area (Å²) in [5.41, 5.74) is 1.30. The molecule has 1 aliphatic rings. The Morgan fingerprint density at radius 1 is 1.20 bits per heavy atom. The molecule has 2 aromatic heterocycles. The van der Waals surface area contributed by atoms with Crippen molar-refractivity contribution in [2.45, 2.75) is 45.6 Å². The third kappa shape index (κ3) is 4.10. The van der Waals surface area contributed by atoms with Gasteiger partial charge in [0.25, 0.3) is 0 Å². The van der Waals surface area contributed by atoms with Crippen LogP contribution in [0.1, 0.15) is 37.8 Å². The summed E-state index contributed by atoms with van der Waals surface area (Å²) >= 11 is 0. The second-order valence-electron chi connectivity index (χ2n) is 7.33. The van der Waals surface area contributed by atoms with E-state index in [1.807, 2.05) is 0 Å². The number of imidazole rings is 1. The summed E-state index contributed by atoms with van der Waals surface area (Å²) in [6, 6.07) is 5.28. The molecule has 1 unspecified atom stereocenters. The molecule has 9 heteroatoms. The third-order valence-electron chi connectivity index (χ3n) is 5.01. The highest BCUT2D eigenvalue weighted by Crippen LogP contribution is 2.29. The van der Waals surface area contributed by atoms with Crippen LogP contribution in [0.2, 0.25) is 0 Å². The minimum atomic E-state index is -4.36. The minimum absolute atomic E-state index is 0.0808. The molecular weight excluding hydrogens is 393 g/mol. The fourth-order valence-electron chi connectivity index (χ4n) is 3.57. The largest absolute Gasteiger partial charge is 0.416 e. The van der Waals surface area contributed by atoms with Crippen molar-refractivity contribution >= 4 is 6.20 Å². The predicted molar refractivity (Wildman–Crippen MR) is 107 cm³/mol. The Balaban J connectivity index is 1.58. The van der Waals surface area contributed by atoms with Crippen LogP contribution in [0.4, 0.5) is 13.2 Å². The molecule has 1 atom stereocenters. The standard InChI is InChI=1S/C21H23F3N6/c1-3-8-29-13-17-20(27-18(29)4-2)28-19(26-17)15-10-25-30(12-15)11-14-6-5-7-16(9-14)21(22,23)24/h5-7,9-10,12-13,18H,3-4,8,11H2,1-2H3,(H,26,27,28). The van der Waals surface area contributed by atoms with E-state index in [0.29, 0.717) is 16.9 Å². The second-order valence-corrected chi connectivity index (χ2v) is 7.33. The van der Waals surface area contributed by atoms with E-state index in [1.54, 1.807) is 23.1 Å². The number of aromatic amines is 1. The number of rotatable bonds is 6. The summed E-state index contributed by atoms with van der Waals surface area (Å²) in [5.74, 6) is 0.642. The Morgan fingerprint density at radius 2 is 2.03 bits per heavy atom. The van der Waals surface area contributed by atoms with E-state index in [0.717, 1.165) is 42.4 Å². The lowest BCUT2D eigenvalue weighted by atomic mass is 10.1. The van der Waals surface area contributed by atoms with Gasteiger partial charge in [0.1, 0.15) is 17.3 Å². The highest BCUT2D eigenvalue weighted by Gasteiger charge is 2.30. The van der Waals surface area contributed by atoms with Crippen LogP contribution >= 0.6 is 0 Å². The number of alkyl halides is 3. The first-order valence-corrected chi connectivity index (χ1v) is 9.97. The molecule has 0 saturated carbocycles. The number of halogens is 3. The Kier molecular flexibility index (Phi) is 5.36. The summed E-state index contributed by atoms with van der Waals surface area (Å²) in [5, 5.41) is 5.14.